The van der Waals surface area contributed by atoms with Gasteiger partial charge in [0.15, 0.2) is 0 Å². The summed E-state index contributed by atoms with van der Waals surface area (Å²) in [7, 11) is -3.89. The molecule has 0 saturated carbocycles. The Morgan fingerprint density at radius 1 is 1.25 bits per heavy atom. The predicted molar refractivity (Wildman–Crippen MR) is 95.7 cm³/mol. The fourth-order valence-electron chi connectivity index (χ4n) is 2.19. The zero-order valence-electron chi connectivity index (χ0n) is 14.7. The average Bonchev–Trinajstić information content (AvgIpc) is 2.53. The van der Waals surface area contributed by atoms with Crippen LogP contribution in [0.25, 0.3) is 0 Å². The van der Waals surface area contributed by atoms with Gasteiger partial charge in [-0.3, -0.25) is 4.79 Å². The van der Waals surface area contributed by atoms with E-state index in [0.29, 0.717) is 18.4 Å². The van der Waals surface area contributed by atoms with Gasteiger partial charge in [0.2, 0.25) is 0 Å². The van der Waals surface area contributed by atoms with Crippen LogP contribution in [-0.2, 0) is 19.7 Å². The predicted octanol–water partition coefficient (Wildman–Crippen LogP) is 3.91. The van der Waals surface area contributed by atoms with Gasteiger partial charge >= 0.3 is 5.97 Å². The SMILES string of the molecule is C=CC(c1ccc(C)cc1)S(=O)(=O)N(CCCC)OC(=O)CCC. The maximum absolute atomic E-state index is 13.0. The summed E-state index contributed by atoms with van der Waals surface area (Å²) in [6.07, 6.45) is 3.55. The first kappa shape index (κ1) is 20.4. The van der Waals surface area contributed by atoms with Gasteiger partial charge in [-0.2, -0.15) is 0 Å². The van der Waals surface area contributed by atoms with E-state index >= 15 is 0 Å². The lowest BCUT2D eigenvalue weighted by Gasteiger charge is -2.25. The van der Waals surface area contributed by atoms with Crippen molar-refractivity contribution in [2.45, 2.75) is 51.7 Å². The minimum absolute atomic E-state index is 0.143. The highest BCUT2D eigenvalue weighted by molar-refractivity contribution is 7.89. The quantitative estimate of drug-likeness (QED) is 0.472. The molecule has 1 unspecified atom stereocenters. The molecule has 0 heterocycles. The van der Waals surface area contributed by atoms with Crippen molar-refractivity contribution >= 4 is 16.0 Å². The summed E-state index contributed by atoms with van der Waals surface area (Å²) in [6.45, 7) is 9.52. The normalized spacial score (nSPS) is 12.8. The Labute approximate surface area is 145 Å². The lowest BCUT2D eigenvalue weighted by molar-refractivity contribution is -0.169. The van der Waals surface area contributed by atoms with Gasteiger partial charge in [-0.1, -0.05) is 56.2 Å². The number of benzene rings is 1. The van der Waals surface area contributed by atoms with Gasteiger partial charge < -0.3 is 4.84 Å². The van der Waals surface area contributed by atoms with E-state index in [4.69, 9.17) is 4.84 Å². The van der Waals surface area contributed by atoms with E-state index in [9.17, 15) is 13.2 Å². The molecule has 24 heavy (non-hydrogen) atoms. The van der Waals surface area contributed by atoms with Crippen LogP contribution in [0.15, 0.2) is 36.9 Å². The van der Waals surface area contributed by atoms with Crippen molar-refractivity contribution in [3.05, 3.63) is 48.0 Å². The van der Waals surface area contributed by atoms with E-state index in [2.05, 4.69) is 6.58 Å². The number of unbranched alkanes of at least 4 members (excludes halogenated alkanes) is 1. The third kappa shape index (κ3) is 5.46. The molecule has 0 aromatic heterocycles. The van der Waals surface area contributed by atoms with Gasteiger partial charge in [0.1, 0.15) is 5.25 Å². The summed E-state index contributed by atoms with van der Waals surface area (Å²) in [4.78, 5) is 16.9. The molecule has 0 saturated heterocycles. The number of hydroxylamine groups is 1. The standard InChI is InChI=1S/C18H27NO4S/c1-5-8-14-19(23-18(20)9-6-2)24(21,22)17(7-3)16-12-10-15(4)11-13-16/h7,10-13,17H,3,5-6,8-9,14H2,1-2,4H3. The molecule has 0 aliphatic rings. The number of nitrogens with zero attached hydrogens (tertiary/aromatic N) is 1. The smallest absolute Gasteiger partial charge is 0.326 e. The van der Waals surface area contributed by atoms with Crippen molar-refractivity contribution in [2.75, 3.05) is 6.54 Å². The average molecular weight is 353 g/mol. The van der Waals surface area contributed by atoms with Crippen LogP contribution in [-0.4, -0.2) is 25.4 Å². The van der Waals surface area contributed by atoms with Crippen LogP contribution < -0.4 is 0 Å². The van der Waals surface area contributed by atoms with Crippen molar-refractivity contribution in [3.63, 3.8) is 0 Å². The van der Waals surface area contributed by atoms with Crippen molar-refractivity contribution in [2.24, 2.45) is 0 Å². The minimum atomic E-state index is -3.89. The maximum atomic E-state index is 13.0. The minimum Gasteiger partial charge on any atom is -0.353 e. The second-order valence-electron chi connectivity index (χ2n) is 5.71. The molecule has 1 aromatic rings. The largest absolute Gasteiger partial charge is 0.353 e. The van der Waals surface area contributed by atoms with Gasteiger partial charge in [-0.25, -0.2) is 8.42 Å². The van der Waals surface area contributed by atoms with E-state index in [1.165, 1.54) is 6.08 Å². The molecule has 0 N–H and O–H groups in total. The molecule has 0 aliphatic carbocycles. The number of hydrogen-bond donors (Lipinski definition) is 0. The third-order valence-corrected chi connectivity index (χ3v) is 5.51. The van der Waals surface area contributed by atoms with Gasteiger partial charge in [0.05, 0.1) is 6.54 Å². The molecule has 6 heteroatoms. The monoisotopic (exact) mass is 353 g/mol. The van der Waals surface area contributed by atoms with Crippen LogP contribution in [0.4, 0.5) is 0 Å². The molecule has 1 rings (SSSR count). The van der Waals surface area contributed by atoms with E-state index < -0.39 is 21.2 Å². The molecule has 1 aromatic carbocycles. The Balaban J connectivity index is 3.12. The highest BCUT2D eigenvalue weighted by Gasteiger charge is 2.33. The fraction of sp³-hybridized carbons (Fsp3) is 0.500. The summed E-state index contributed by atoms with van der Waals surface area (Å²) in [5, 5.41) is -0.954. The van der Waals surface area contributed by atoms with E-state index in [0.717, 1.165) is 16.5 Å². The Hall–Kier alpha value is -1.66. The lowest BCUT2D eigenvalue weighted by Crippen LogP contribution is -2.37. The van der Waals surface area contributed by atoms with Crippen molar-refractivity contribution in [1.29, 1.82) is 0 Å². The van der Waals surface area contributed by atoms with Crippen molar-refractivity contribution < 1.29 is 18.0 Å². The molecular weight excluding hydrogens is 326 g/mol. The molecule has 0 aliphatic heterocycles. The maximum Gasteiger partial charge on any atom is 0.326 e. The van der Waals surface area contributed by atoms with Gasteiger partial charge in [0, 0.05) is 6.42 Å². The second kappa shape index (κ2) is 9.59. The Bertz CT molecular complexity index is 637. The number of carbonyl (C=O) groups is 1. The first-order valence-corrected chi connectivity index (χ1v) is 9.78. The number of rotatable bonds is 10. The molecule has 0 radical (unpaired) electrons. The molecule has 5 nitrogen and oxygen atoms in total. The summed E-state index contributed by atoms with van der Waals surface area (Å²) in [5.74, 6) is -0.538. The Morgan fingerprint density at radius 3 is 2.38 bits per heavy atom. The highest BCUT2D eigenvalue weighted by atomic mass is 32.2. The van der Waals surface area contributed by atoms with Gasteiger partial charge in [-0.15, -0.1) is 6.58 Å². The van der Waals surface area contributed by atoms with Crippen LogP contribution in [0.2, 0.25) is 0 Å². The van der Waals surface area contributed by atoms with E-state index in [1.54, 1.807) is 12.1 Å². The molecule has 1 atom stereocenters. The first-order chi connectivity index (χ1) is 11.4. The van der Waals surface area contributed by atoms with Crippen molar-refractivity contribution in [3.8, 4) is 0 Å². The van der Waals surface area contributed by atoms with E-state index in [1.807, 2.05) is 32.9 Å². The van der Waals surface area contributed by atoms with Gasteiger partial charge in [-0.05, 0) is 29.8 Å². The highest BCUT2D eigenvalue weighted by Crippen LogP contribution is 2.28. The third-order valence-electron chi connectivity index (χ3n) is 3.58. The Kier molecular flexibility index (Phi) is 8.15. The first-order valence-electron chi connectivity index (χ1n) is 8.28. The fourth-order valence-corrected chi connectivity index (χ4v) is 3.76. The van der Waals surface area contributed by atoms with E-state index in [-0.39, 0.29) is 13.0 Å². The summed E-state index contributed by atoms with van der Waals surface area (Å²) >= 11 is 0. The number of hydrogen-bond acceptors (Lipinski definition) is 4. The molecule has 0 amide bonds. The van der Waals surface area contributed by atoms with Crippen molar-refractivity contribution in [1.82, 2.24) is 4.47 Å². The summed E-state index contributed by atoms with van der Waals surface area (Å²) < 4.78 is 26.8. The zero-order chi connectivity index (χ0) is 18.2. The summed E-state index contributed by atoms with van der Waals surface area (Å²) in [6, 6.07) is 7.21. The number of carbonyl (C=O) groups excluding carboxylic acids is 1. The van der Waals surface area contributed by atoms with Crippen LogP contribution in [0.5, 0.6) is 0 Å². The molecule has 134 valence electrons. The molecule has 0 fully saturated rings. The number of aryl methyl sites for hydroxylation is 1. The second-order valence-corrected chi connectivity index (χ2v) is 7.65. The van der Waals surface area contributed by atoms with Crippen LogP contribution in [0, 0.1) is 6.92 Å². The van der Waals surface area contributed by atoms with Gasteiger partial charge in [0.25, 0.3) is 10.0 Å². The van der Waals surface area contributed by atoms with Crippen LogP contribution in [0.1, 0.15) is 55.9 Å². The van der Waals surface area contributed by atoms with Crippen LogP contribution in [0.3, 0.4) is 0 Å². The molecule has 0 bridgehead atoms. The number of sulfonamides is 1. The molecule has 0 spiro atoms. The Morgan fingerprint density at radius 2 is 1.88 bits per heavy atom. The summed E-state index contributed by atoms with van der Waals surface area (Å²) in [5.41, 5.74) is 1.64. The topological polar surface area (TPSA) is 63.7 Å². The molecular formula is C18H27NO4S. The lowest BCUT2D eigenvalue weighted by atomic mass is 10.1. The zero-order valence-corrected chi connectivity index (χ0v) is 15.5. The van der Waals surface area contributed by atoms with Crippen LogP contribution >= 0.6 is 0 Å².